The normalized spacial score (nSPS) is 13.5. The van der Waals surface area contributed by atoms with Crippen LogP contribution < -0.4 is 5.32 Å². The first kappa shape index (κ1) is 21.8. The monoisotopic (exact) mass is 434 g/mol. The number of H-pyrrole nitrogens is 1. The maximum atomic E-state index is 13.5. The fourth-order valence-corrected chi connectivity index (χ4v) is 2.95. The largest absolute Gasteiger partial charge is 0.409 e. The number of benzene rings is 2. The molecule has 1 unspecified atom stereocenters. The van der Waals surface area contributed by atoms with E-state index in [1.807, 2.05) is 0 Å². The zero-order valence-corrected chi connectivity index (χ0v) is 15.0. The van der Waals surface area contributed by atoms with E-state index in [-0.39, 0.29) is 11.3 Å². The maximum absolute atomic E-state index is 13.5. The molecular weight excluding hydrogens is 420 g/mol. The Hall–Kier alpha value is -2.88. The van der Waals surface area contributed by atoms with Gasteiger partial charge in [-0.05, 0) is 53.6 Å². The van der Waals surface area contributed by atoms with E-state index in [0.29, 0.717) is 11.1 Å². The van der Waals surface area contributed by atoms with Gasteiger partial charge in [0.05, 0.1) is 12.2 Å². The van der Waals surface area contributed by atoms with E-state index in [9.17, 15) is 35.1 Å². The summed E-state index contributed by atoms with van der Waals surface area (Å²) in [4.78, 5) is 2.51. The van der Waals surface area contributed by atoms with Gasteiger partial charge in [-0.2, -0.15) is 26.3 Å². The lowest BCUT2D eigenvalue weighted by Gasteiger charge is -2.21. The van der Waals surface area contributed by atoms with Crippen LogP contribution in [0.15, 0.2) is 54.6 Å². The molecule has 2 N–H and O–H groups in total. The third kappa shape index (κ3) is 5.18. The lowest BCUT2D eigenvalue weighted by Crippen LogP contribution is -2.39. The third-order valence-corrected chi connectivity index (χ3v) is 4.27. The molecule has 0 fully saturated rings. The molecule has 0 radical (unpaired) electrons. The number of rotatable bonds is 5. The summed E-state index contributed by atoms with van der Waals surface area (Å²) in [6.45, 7) is -1.85. The number of aromatic amines is 1. The fourth-order valence-electron chi connectivity index (χ4n) is 2.95. The summed E-state index contributed by atoms with van der Waals surface area (Å²) in [5, 5.41) is 1.48. The quantitative estimate of drug-likeness (QED) is 0.448. The van der Waals surface area contributed by atoms with Crippen LogP contribution in [-0.4, -0.2) is 23.9 Å². The highest BCUT2D eigenvalue weighted by Crippen LogP contribution is 2.39. The van der Waals surface area contributed by atoms with Crippen LogP contribution in [-0.2, 0) is 0 Å². The molecule has 0 bridgehead atoms. The molecule has 2 nitrogen and oxygen atoms in total. The fraction of sp³-hybridized carbons (Fsp3) is 0.200. The summed E-state index contributed by atoms with van der Waals surface area (Å²) < 4.78 is 104. The van der Waals surface area contributed by atoms with Crippen molar-refractivity contribution in [3.8, 4) is 22.4 Å². The zero-order chi connectivity index (χ0) is 22.1. The highest BCUT2D eigenvalue weighted by atomic mass is 19.4. The van der Waals surface area contributed by atoms with E-state index in [4.69, 9.17) is 0 Å². The van der Waals surface area contributed by atoms with Crippen molar-refractivity contribution in [3.05, 3.63) is 71.9 Å². The van der Waals surface area contributed by atoms with Crippen molar-refractivity contribution in [2.45, 2.75) is 18.4 Å². The summed E-state index contributed by atoms with van der Waals surface area (Å²) in [7, 11) is 0. The van der Waals surface area contributed by atoms with Crippen LogP contribution in [0.2, 0.25) is 0 Å². The first-order chi connectivity index (χ1) is 13.9. The first-order valence-corrected chi connectivity index (χ1v) is 8.56. The summed E-state index contributed by atoms with van der Waals surface area (Å²) in [5.41, 5.74) is 0.387. The molecule has 0 aliphatic heterocycles. The minimum absolute atomic E-state index is 0.125. The summed E-state index contributed by atoms with van der Waals surface area (Å²) in [5.74, 6) is -1.15. The Morgan fingerprint density at radius 2 is 1.27 bits per heavy atom. The van der Waals surface area contributed by atoms with E-state index in [1.54, 1.807) is 0 Å². The number of alkyl halides is 6. The summed E-state index contributed by atoms with van der Waals surface area (Å²) >= 11 is 0. The highest BCUT2D eigenvalue weighted by molar-refractivity contribution is 5.82. The molecule has 160 valence electrons. The van der Waals surface area contributed by atoms with Crippen molar-refractivity contribution in [1.82, 2.24) is 10.3 Å². The maximum Gasteiger partial charge on any atom is 0.409 e. The van der Waals surface area contributed by atoms with Gasteiger partial charge in [0.1, 0.15) is 17.7 Å². The van der Waals surface area contributed by atoms with Crippen molar-refractivity contribution in [3.63, 3.8) is 0 Å². The Kier molecular flexibility index (Phi) is 5.89. The van der Waals surface area contributed by atoms with Crippen LogP contribution in [0.1, 0.15) is 11.7 Å². The molecule has 1 heterocycles. The summed E-state index contributed by atoms with van der Waals surface area (Å²) in [6.07, 6.45) is -9.88. The number of aromatic nitrogens is 1. The van der Waals surface area contributed by atoms with Crippen molar-refractivity contribution in [1.29, 1.82) is 0 Å². The molecule has 0 saturated carbocycles. The van der Waals surface area contributed by atoms with Crippen molar-refractivity contribution in [2.24, 2.45) is 0 Å². The van der Waals surface area contributed by atoms with Gasteiger partial charge >= 0.3 is 12.4 Å². The van der Waals surface area contributed by atoms with E-state index in [1.165, 1.54) is 29.6 Å². The second-order valence-electron chi connectivity index (χ2n) is 6.50. The van der Waals surface area contributed by atoms with Crippen LogP contribution >= 0.6 is 0 Å². The predicted octanol–water partition coefficient (Wildman–Crippen LogP) is 6.38. The smallest absolute Gasteiger partial charge is 0.356 e. The van der Waals surface area contributed by atoms with Gasteiger partial charge in [0.25, 0.3) is 0 Å². The lowest BCUT2D eigenvalue weighted by molar-refractivity contribution is -0.172. The topological polar surface area (TPSA) is 27.8 Å². The molecule has 3 aromatic rings. The van der Waals surface area contributed by atoms with Gasteiger partial charge in [0.2, 0.25) is 0 Å². The second-order valence-corrected chi connectivity index (χ2v) is 6.50. The molecule has 0 spiro atoms. The lowest BCUT2D eigenvalue weighted by atomic mass is 10.0. The van der Waals surface area contributed by atoms with Gasteiger partial charge < -0.3 is 4.98 Å². The highest BCUT2D eigenvalue weighted by Gasteiger charge is 2.44. The molecule has 1 atom stereocenters. The number of nitrogens with one attached hydrogen (secondary N) is 2. The van der Waals surface area contributed by atoms with E-state index in [0.717, 1.165) is 30.3 Å². The Bertz CT molecular complexity index is 923. The van der Waals surface area contributed by atoms with Gasteiger partial charge in [-0.25, -0.2) is 8.78 Å². The third-order valence-electron chi connectivity index (χ3n) is 4.27. The van der Waals surface area contributed by atoms with Gasteiger partial charge in [0.15, 0.2) is 0 Å². The number of hydrogen-bond acceptors (Lipinski definition) is 1. The molecule has 0 aliphatic carbocycles. The Morgan fingerprint density at radius 1 is 0.767 bits per heavy atom. The molecule has 3 rings (SSSR count). The van der Waals surface area contributed by atoms with Crippen LogP contribution in [0.25, 0.3) is 22.4 Å². The number of hydrogen-bond donors (Lipinski definition) is 2. The average Bonchev–Trinajstić information content (AvgIpc) is 3.05. The summed E-state index contributed by atoms with van der Waals surface area (Å²) in [6, 6.07) is 8.05. The Balaban J connectivity index is 2.11. The van der Waals surface area contributed by atoms with Crippen LogP contribution in [0, 0.1) is 11.6 Å². The number of halogens is 8. The molecule has 0 amide bonds. The minimum Gasteiger partial charge on any atom is -0.356 e. The molecule has 2 aromatic carbocycles. The molecule has 10 heteroatoms. The van der Waals surface area contributed by atoms with Gasteiger partial charge in [0, 0.05) is 11.3 Å². The molecular formula is C20H14F8N2. The first-order valence-electron chi connectivity index (χ1n) is 8.56. The van der Waals surface area contributed by atoms with E-state index < -0.39 is 42.3 Å². The van der Waals surface area contributed by atoms with Crippen LogP contribution in [0.3, 0.4) is 0 Å². The van der Waals surface area contributed by atoms with Crippen LogP contribution in [0.5, 0.6) is 0 Å². The molecule has 0 aliphatic rings. The predicted molar refractivity (Wildman–Crippen MR) is 94.4 cm³/mol. The Morgan fingerprint density at radius 3 is 1.73 bits per heavy atom. The van der Waals surface area contributed by atoms with Crippen molar-refractivity contribution >= 4 is 0 Å². The van der Waals surface area contributed by atoms with Gasteiger partial charge in [-0.1, -0.05) is 12.1 Å². The van der Waals surface area contributed by atoms with Gasteiger partial charge in [-0.15, -0.1) is 0 Å². The SMILES string of the molecule is Fc1ccc(-c2cc(C(NCC(F)(F)F)C(F)(F)F)[nH]c2-c2ccc(F)cc2)cc1. The molecule has 1 aromatic heterocycles. The standard InChI is InChI=1S/C20H14F8N2/c21-13-5-1-11(2-6-13)15-9-16(18(20(26,27)28)29-10-19(23,24)25)30-17(15)12-3-7-14(22)8-4-12/h1-9,18,29-30H,10H2. The zero-order valence-electron chi connectivity index (χ0n) is 15.0. The molecule has 30 heavy (non-hydrogen) atoms. The van der Waals surface area contributed by atoms with Crippen molar-refractivity contribution in [2.75, 3.05) is 6.54 Å². The van der Waals surface area contributed by atoms with E-state index in [2.05, 4.69) is 4.98 Å². The second kappa shape index (κ2) is 8.10. The van der Waals surface area contributed by atoms with Crippen molar-refractivity contribution < 1.29 is 35.1 Å². The Labute approximate surface area is 165 Å². The minimum atomic E-state index is -5.03. The van der Waals surface area contributed by atoms with Crippen LogP contribution in [0.4, 0.5) is 35.1 Å². The van der Waals surface area contributed by atoms with E-state index >= 15 is 0 Å². The van der Waals surface area contributed by atoms with Gasteiger partial charge in [-0.3, -0.25) is 5.32 Å². The average molecular weight is 434 g/mol. The molecule has 0 saturated heterocycles.